The Balaban J connectivity index is 2.04. The Morgan fingerprint density at radius 3 is 2.63 bits per heavy atom. The van der Waals surface area contributed by atoms with Crippen molar-refractivity contribution in [2.24, 2.45) is 0 Å². The zero-order chi connectivity index (χ0) is 19.1. The molecular weight excluding hydrogens is 342 g/mol. The molecule has 6 nitrogen and oxygen atoms in total. The van der Waals surface area contributed by atoms with Crippen LogP contribution >= 0.6 is 0 Å². The first-order valence-electron chi connectivity index (χ1n) is 8.72. The number of imidazole rings is 1. The second kappa shape index (κ2) is 6.46. The molecule has 0 spiro atoms. The van der Waals surface area contributed by atoms with Crippen molar-refractivity contribution >= 4 is 22.8 Å². The van der Waals surface area contributed by atoms with Crippen LogP contribution in [0.1, 0.15) is 25.5 Å². The maximum atomic E-state index is 12.6. The molecule has 6 heteroatoms. The zero-order valence-electron chi connectivity index (χ0n) is 15.7. The summed E-state index contributed by atoms with van der Waals surface area (Å²) in [6.45, 7) is 3.50. The van der Waals surface area contributed by atoms with Gasteiger partial charge in [0.05, 0.1) is 31.3 Å². The number of hydrogen-bond donors (Lipinski definition) is 1. The normalized spacial score (nSPS) is 16.1. The van der Waals surface area contributed by atoms with Crippen LogP contribution in [0, 0.1) is 0 Å². The predicted octanol–water partition coefficient (Wildman–Crippen LogP) is 3.93. The van der Waals surface area contributed by atoms with Crippen LogP contribution in [0.3, 0.4) is 0 Å². The van der Waals surface area contributed by atoms with Crippen molar-refractivity contribution in [3.05, 3.63) is 59.3 Å². The standard InChI is InChI=1S/C21H21N3O3/c1-12-19(13(2)25)20(15-10-9-14(26-3)11-18(15)27-4)24-17-8-6-5-7-16(17)23-21(24)22-12/h5-11,20H,1-4H3,(H,22,23)/t20-/m0/s1. The molecule has 1 aliphatic heterocycles. The van der Waals surface area contributed by atoms with Gasteiger partial charge in [0, 0.05) is 22.9 Å². The van der Waals surface area contributed by atoms with Gasteiger partial charge in [-0.25, -0.2) is 4.98 Å². The second-order valence-electron chi connectivity index (χ2n) is 6.52. The molecule has 2 aromatic carbocycles. The second-order valence-corrected chi connectivity index (χ2v) is 6.52. The van der Waals surface area contributed by atoms with Crippen LogP contribution in [0.5, 0.6) is 11.5 Å². The number of ketones is 1. The van der Waals surface area contributed by atoms with Crippen LogP contribution in [0.4, 0.5) is 5.95 Å². The summed E-state index contributed by atoms with van der Waals surface area (Å²) in [6.07, 6.45) is 0. The van der Waals surface area contributed by atoms with E-state index in [0.29, 0.717) is 23.0 Å². The average Bonchev–Trinajstić information content (AvgIpc) is 3.03. The number of hydrogen-bond acceptors (Lipinski definition) is 5. The quantitative estimate of drug-likeness (QED) is 0.761. The molecule has 138 valence electrons. The van der Waals surface area contributed by atoms with Crippen molar-refractivity contribution in [2.75, 3.05) is 19.5 Å². The lowest BCUT2D eigenvalue weighted by Crippen LogP contribution is -2.27. The zero-order valence-corrected chi connectivity index (χ0v) is 15.7. The summed E-state index contributed by atoms with van der Waals surface area (Å²) in [5, 5.41) is 3.29. The molecule has 1 atom stereocenters. The van der Waals surface area contributed by atoms with Gasteiger partial charge in [-0.2, -0.15) is 0 Å². The number of aromatic nitrogens is 2. The van der Waals surface area contributed by atoms with Gasteiger partial charge in [0.1, 0.15) is 11.5 Å². The fraction of sp³-hybridized carbons (Fsp3) is 0.238. The molecule has 0 unspecified atom stereocenters. The minimum atomic E-state index is -0.341. The van der Waals surface area contributed by atoms with Crippen molar-refractivity contribution in [1.29, 1.82) is 0 Å². The van der Waals surface area contributed by atoms with Gasteiger partial charge in [-0.1, -0.05) is 12.1 Å². The predicted molar refractivity (Wildman–Crippen MR) is 104 cm³/mol. The van der Waals surface area contributed by atoms with Crippen LogP contribution in [0.15, 0.2) is 53.7 Å². The van der Waals surface area contributed by atoms with Crippen LogP contribution in [-0.2, 0) is 4.79 Å². The van der Waals surface area contributed by atoms with Crippen molar-refractivity contribution in [1.82, 2.24) is 9.55 Å². The highest BCUT2D eigenvalue weighted by molar-refractivity contribution is 5.97. The van der Waals surface area contributed by atoms with Gasteiger partial charge in [0.25, 0.3) is 0 Å². The summed E-state index contributed by atoms with van der Waals surface area (Å²) in [5.74, 6) is 2.08. The molecule has 0 saturated carbocycles. The molecule has 0 amide bonds. The number of Topliss-reactive ketones (excluding diaryl/α,β-unsaturated/α-hetero) is 1. The fourth-order valence-corrected chi connectivity index (χ4v) is 3.76. The van der Waals surface area contributed by atoms with Gasteiger partial charge in [-0.05, 0) is 38.1 Å². The minimum Gasteiger partial charge on any atom is -0.497 e. The monoisotopic (exact) mass is 363 g/mol. The van der Waals surface area contributed by atoms with Gasteiger partial charge in [-0.3, -0.25) is 9.36 Å². The lowest BCUT2D eigenvalue weighted by molar-refractivity contribution is -0.114. The van der Waals surface area contributed by atoms with Gasteiger partial charge in [-0.15, -0.1) is 0 Å². The number of allylic oxidation sites excluding steroid dienone is 2. The molecule has 1 N–H and O–H groups in total. The highest BCUT2D eigenvalue weighted by atomic mass is 16.5. The Hall–Kier alpha value is -3.28. The summed E-state index contributed by atoms with van der Waals surface area (Å²) in [4.78, 5) is 17.3. The smallest absolute Gasteiger partial charge is 0.209 e. The molecule has 0 saturated heterocycles. The first-order chi connectivity index (χ1) is 13.0. The van der Waals surface area contributed by atoms with Gasteiger partial charge in [0.15, 0.2) is 5.78 Å². The third-order valence-electron chi connectivity index (χ3n) is 4.95. The topological polar surface area (TPSA) is 65.4 Å². The molecule has 4 rings (SSSR count). The van der Waals surface area contributed by atoms with Crippen LogP contribution in [-0.4, -0.2) is 29.6 Å². The van der Waals surface area contributed by atoms with Crippen LogP contribution in [0.2, 0.25) is 0 Å². The highest BCUT2D eigenvalue weighted by Gasteiger charge is 2.34. The largest absolute Gasteiger partial charge is 0.497 e. The Bertz CT molecular complexity index is 1080. The molecule has 1 aromatic heterocycles. The molecule has 3 aromatic rings. The van der Waals surface area contributed by atoms with E-state index in [2.05, 4.69) is 9.88 Å². The van der Waals surface area contributed by atoms with E-state index in [9.17, 15) is 4.79 Å². The Kier molecular flexibility index (Phi) is 4.11. The van der Waals surface area contributed by atoms with Crippen molar-refractivity contribution in [3.8, 4) is 11.5 Å². The summed E-state index contributed by atoms with van der Waals surface area (Å²) in [7, 11) is 3.24. The number of nitrogens with zero attached hydrogens (tertiary/aromatic N) is 2. The van der Waals surface area contributed by atoms with Crippen molar-refractivity contribution < 1.29 is 14.3 Å². The molecule has 0 bridgehead atoms. The van der Waals surface area contributed by atoms with E-state index in [0.717, 1.165) is 22.3 Å². The Morgan fingerprint density at radius 1 is 1.15 bits per heavy atom. The molecule has 2 heterocycles. The van der Waals surface area contributed by atoms with E-state index in [-0.39, 0.29) is 11.8 Å². The highest BCUT2D eigenvalue weighted by Crippen LogP contribution is 2.43. The first kappa shape index (κ1) is 17.1. The van der Waals surface area contributed by atoms with E-state index in [1.165, 1.54) is 0 Å². The fourth-order valence-electron chi connectivity index (χ4n) is 3.76. The lowest BCUT2D eigenvalue weighted by Gasteiger charge is -2.31. The number of methoxy groups -OCH3 is 2. The average molecular weight is 363 g/mol. The number of carbonyl (C=O) groups is 1. The molecule has 1 aliphatic rings. The number of para-hydroxylation sites is 2. The summed E-state index contributed by atoms with van der Waals surface area (Å²) in [6, 6.07) is 13.2. The molecule has 27 heavy (non-hydrogen) atoms. The number of anilines is 1. The molecule has 0 aliphatic carbocycles. The summed E-state index contributed by atoms with van der Waals surface area (Å²) in [5.41, 5.74) is 4.19. The number of nitrogens with one attached hydrogen (secondary N) is 1. The van der Waals surface area contributed by atoms with Crippen molar-refractivity contribution in [2.45, 2.75) is 19.9 Å². The third kappa shape index (κ3) is 2.65. The first-order valence-corrected chi connectivity index (χ1v) is 8.72. The SMILES string of the molecule is COc1ccc([C@H]2C(C(C)=O)=C(C)Nc3nc4ccccc4n32)c(OC)c1. The lowest BCUT2D eigenvalue weighted by atomic mass is 9.92. The minimum absolute atomic E-state index is 0.00584. The number of carbonyl (C=O) groups excluding carboxylic acids is 1. The van der Waals surface area contributed by atoms with Gasteiger partial charge in [0.2, 0.25) is 5.95 Å². The van der Waals surface area contributed by atoms with E-state index in [1.54, 1.807) is 21.1 Å². The number of rotatable bonds is 4. The van der Waals surface area contributed by atoms with Gasteiger partial charge < -0.3 is 14.8 Å². The molecule has 0 radical (unpaired) electrons. The summed E-state index contributed by atoms with van der Waals surface area (Å²) < 4.78 is 13.0. The van der Waals surface area contributed by atoms with Crippen LogP contribution < -0.4 is 14.8 Å². The van der Waals surface area contributed by atoms with Crippen molar-refractivity contribution in [3.63, 3.8) is 0 Å². The third-order valence-corrected chi connectivity index (χ3v) is 4.95. The number of benzene rings is 2. The molecule has 0 fully saturated rings. The maximum absolute atomic E-state index is 12.6. The Labute approximate surface area is 157 Å². The van der Waals surface area contributed by atoms with E-state index in [1.807, 2.05) is 49.4 Å². The van der Waals surface area contributed by atoms with E-state index in [4.69, 9.17) is 14.5 Å². The molecular formula is C21H21N3O3. The summed E-state index contributed by atoms with van der Waals surface area (Å²) >= 11 is 0. The Morgan fingerprint density at radius 2 is 1.93 bits per heavy atom. The van der Waals surface area contributed by atoms with E-state index < -0.39 is 0 Å². The maximum Gasteiger partial charge on any atom is 0.209 e. The van der Waals surface area contributed by atoms with Gasteiger partial charge >= 0.3 is 0 Å². The van der Waals surface area contributed by atoms with Crippen LogP contribution in [0.25, 0.3) is 11.0 Å². The number of ether oxygens (including phenoxy) is 2. The number of fused-ring (bicyclic) bond motifs is 3. The van der Waals surface area contributed by atoms with E-state index >= 15 is 0 Å².